The third-order valence-corrected chi connectivity index (χ3v) is 8.72. The van der Waals surface area contributed by atoms with Crippen LogP contribution in [0.2, 0.25) is 0 Å². The lowest BCUT2D eigenvalue weighted by atomic mass is 9.47. The number of nitro groups is 1. The number of aromatic nitrogens is 2. The zero-order valence-electron chi connectivity index (χ0n) is 16.8. The van der Waals surface area contributed by atoms with Gasteiger partial charge in [0.25, 0.3) is 0 Å². The van der Waals surface area contributed by atoms with Crippen LogP contribution in [-0.2, 0) is 0 Å². The van der Waals surface area contributed by atoms with Crippen molar-refractivity contribution in [3.05, 3.63) is 40.4 Å². The predicted octanol–water partition coefficient (Wildman–Crippen LogP) is 4.53. The highest BCUT2D eigenvalue weighted by Gasteiger charge is 2.57. The van der Waals surface area contributed by atoms with Crippen LogP contribution in [0.1, 0.15) is 58.8 Å². The molecule has 0 aliphatic heterocycles. The summed E-state index contributed by atoms with van der Waals surface area (Å²) in [5.74, 6) is 1.96. The van der Waals surface area contributed by atoms with Gasteiger partial charge in [-0.05, 0) is 78.0 Å². The van der Waals surface area contributed by atoms with Crippen LogP contribution < -0.4 is 5.73 Å². The van der Waals surface area contributed by atoms with Crippen LogP contribution in [0.15, 0.2) is 30.2 Å². The SMILES string of the molecule is C[C@]12CC[C@H](N)CC1=CCC1C2CC[C@]2(C)C(n3cnc([N+](=O)[O-])c3)=CCC12. The quantitative estimate of drug-likeness (QED) is 0.462. The molecule has 0 aromatic carbocycles. The summed E-state index contributed by atoms with van der Waals surface area (Å²) in [6.45, 7) is 4.86. The smallest absolute Gasteiger partial charge is 0.358 e. The van der Waals surface area contributed by atoms with Gasteiger partial charge < -0.3 is 15.8 Å². The van der Waals surface area contributed by atoms with Crippen LogP contribution in [0.25, 0.3) is 5.70 Å². The van der Waals surface area contributed by atoms with Gasteiger partial charge in [-0.3, -0.25) is 4.57 Å². The Kier molecular flexibility index (Phi) is 3.89. The zero-order chi connectivity index (χ0) is 19.7. The molecule has 2 saturated carbocycles. The van der Waals surface area contributed by atoms with Crippen molar-refractivity contribution in [1.29, 1.82) is 0 Å². The Bertz CT molecular complexity index is 887. The minimum atomic E-state index is -0.412. The number of allylic oxidation sites excluding steroid dienone is 3. The van der Waals surface area contributed by atoms with E-state index in [1.807, 2.05) is 4.57 Å². The Balaban J connectivity index is 1.45. The maximum absolute atomic E-state index is 11.1. The van der Waals surface area contributed by atoms with E-state index >= 15 is 0 Å². The Morgan fingerprint density at radius 1 is 1.18 bits per heavy atom. The molecule has 2 N–H and O–H groups in total. The molecule has 1 aromatic rings. The van der Waals surface area contributed by atoms with Crippen molar-refractivity contribution < 1.29 is 4.92 Å². The average Bonchev–Trinajstić information content (AvgIpc) is 3.26. The molecule has 150 valence electrons. The van der Waals surface area contributed by atoms with Crippen molar-refractivity contribution in [1.82, 2.24) is 9.55 Å². The lowest BCUT2D eigenvalue weighted by Crippen LogP contribution is -2.50. The second kappa shape index (κ2) is 6.02. The second-order valence-electron chi connectivity index (χ2n) is 9.94. The van der Waals surface area contributed by atoms with Crippen molar-refractivity contribution in [2.45, 2.75) is 64.8 Å². The summed E-state index contributed by atoms with van der Waals surface area (Å²) < 4.78 is 1.91. The zero-order valence-corrected chi connectivity index (χ0v) is 16.8. The van der Waals surface area contributed by atoms with E-state index in [2.05, 4.69) is 31.0 Å². The fourth-order valence-electron chi connectivity index (χ4n) is 7.17. The molecule has 2 fully saturated rings. The summed E-state index contributed by atoms with van der Waals surface area (Å²) in [6, 6.07) is 0.335. The van der Waals surface area contributed by atoms with Gasteiger partial charge in [-0.25, -0.2) is 0 Å². The van der Waals surface area contributed by atoms with Crippen LogP contribution >= 0.6 is 0 Å². The van der Waals surface area contributed by atoms with Gasteiger partial charge in [-0.1, -0.05) is 31.6 Å². The summed E-state index contributed by atoms with van der Waals surface area (Å²) in [5, 5.41) is 11.1. The Morgan fingerprint density at radius 2 is 1.96 bits per heavy atom. The van der Waals surface area contributed by atoms with Crippen molar-refractivity contribution >= 4 is 11.5 Å². The summed E-state index contributed by atoms with van der Waals surface area (Å²) in [4.78, 5) is 14.6. The molecule has 0 radical (unpaired) electrons. The van der Waals surface area contributed by atoms with Gasteiger partial charge in [0.2, 0.25) is 6.33 Å². The van der Waals surface area contributed by atoms with Crippen molar-refractivity contribution in [2.75, 3.05) is 0 Å². The predicted molar refractivity (Wildman–Crippen MR) is 108 cm³/mol. The molecule has 6 nitrogen and oxygen atoms in total. The molecule has 1 aromatic heterocycles. The van der Waals surface area contributed by atoms with E-state index in [0.29, 0.717) is 23.3 Å². The van der Waals surface area contributed by atoms with Crippen LogP contribution in [0.5, 0.6) is 0 Å². The Morgan fingerprint density at radius 3 is 2.71 bits per heavy atom. The van der Waals surface area contributed by atoms with Gasteiger partial charge in [0.15, 0.2) is 0 Å². The first-order chi connectivity index (χ1) is 13.3. The highest BCUT2D eigenvalue weighted by molar-refractivity contribution is 5.57. The van der Waals surface area contributed by atoms with Crippen LogP contribution in [0, 0.1) is 38.7 Å². The van der Waals surface area contributed by atoms with Gasteiger partial charge in [0, 0.05) is 17.2 Å². The summed E-state index contributed by atoms with van der Waals surface area (Å²) in [7, 11) is 0. The molecule has 0 saturated heterocycles. The molecule has 4 aliphatic carbocycles. The molecular weight excluding hydrogens is 352 g/mol. The number of imidazole rings is 1. The molecule has 4 aliphatic rings. The van der Waals surface area contributed by atoms with E-state index in [1.54, 1.807) is 18.1 Å². The Labute approximate surface area is 166 Å². The largest absolute Gasteiger partial charge is 0.381 e. The number of rotatable bonds is 2. The normalized spacial score (nSPS) is 42.1. The lowest BCUT2D eigenvalue weighted by molar-refractivity contribution is -0.389. The van der Waals surface area contributed by atoms with Gasteiger partial charge >= 0.3 is 5.82 Å². The second-order valence-corrected chi connectivity index (χ2v) is 9.94. The number of nitrogens with two attached hydrogens (primary N) is 1. The standard InChI is InChI=1S/C22H30N4O2/c1-21-9-7-15(23)11-14(21)3-4-16-17-5-6-19(22(17,2)10-8-18(16)21)25-12-20(24-13-25)26(27)28/h3,6,12-13,15-18H,4-5,7-11,23H2,1-2H3/t15-,16?,17?,18?,21-,22-/m0/s1. The number of hydrogen-bond donors (Lipinski definition) is 1. The van der Waals surface area contributed by atoms with E-state index in [9.17, 15) is 10.1 Å². The first-order valence-electron chi connectivity index (χ1n) is 10.7. The average molecular weight is 383 g/mol. The summed E-state index contributed by atoms with van der Waals surface area (Å²) >= 11 is 0. The van der Waals surface area contributed by atoms with Crippen LogP contribution in [-0.4, -0.2) is 20.5 Å². The molecule has 5 rings (SSSR count). The molecule has 6 heteroatoms. The fourth-order valence-corrected chi connectivity index (χ4v) is 7.17. The van der Waals surface area contributed by atoms with Crippen LogP contribution in [0.3, 0.4) is 0 Å². The van der Waals surface area contributed by atoms with Gasteiger partial charge in [0.05, 0.1) is 0 Å². The van der Waals surface area contributed by atoms with Gasteiger partial charge in [-0.2, -0.15) is 0 Å². The van der Waals surface area contributed by atoms with Gasteiger partial charge in [0.1, 0.15) is 6.20 Å². The van der Waals surface area contributed by atoms with Crippen molar-refractivity contribution in [3.8, 4) is 0 Å². The third-order valence-electron chi connectivity index (χ3n) is 8.72. The van der Waals surface area contributed by atoms with E-state index in [0.717, 1.165) is 38.0 Å². The molecule has 0 bridgehead atoms. The summed E-state index contributed by atoms with van der Waals surface area (Å²) in [6.07, 6.45) is 16.1. The fraction of sp³-hybridized carbons (Fsp3) is 0.682. The first-order valence-corrected chi connectivity index (χ1v) is 10.7. The molecule has 0 spiro atoms. The monoisotopic (exact) mass is 382 g/mol. The molecule has 1 heterocycles. The maximum atomic E-state index is 11.1. The van der Waals surface area contributed by atoms with E-state index in [-0.39, 0.29) is 11.2 Å². The Hall–Kier alpha value is -1.95. The molecule has 0 amide bonds. The van der Waals surface area contributed by atoms with E-state index in [4.69, 9.17) is 5.73 Å². The molecule has 6 atom stereocenters. The van der Waals surface area contributed by atoms with Crippen LogP contribution in [0.4, 0.5) is 5.82 Å². The van der Waals surface area contributed by atoms with Crippen molar-refractivity contribution in [2.24, 2.45) is 34.3 Å². The molecular formula is C22H30N4O2. The number of fused-ring (bicyclic) bond motifs is 5. The van der Waals surface area contributed by atoms with E-state index < -0.39 is 4.92 Å². The summed E-state index contributed by atoms with van der Waals surface area (Å²) in [5.41, 5.74) is 9.49. The third kappa shape index (κ3) is 2.39. The number of nitrogens with zero attached hydrogens (tertiary/aromatic N) is 3. The highest BCUT2D eigenvalue weighted by atomic mass is 16.6. The minimum Gasteiger partial charge on any atom is -0.358 e. The molecule has 28 heavy (non-hydrogen) atoms. The molecule has 3 unspecified atom stereocenters. The minimum absolute atomic E-state index is 0.0714. The first kappa shape index (κ1) is 18.1. The lowest BCUT2D eigenvalue weighted by Gasteiger charge is -2.57. The van der Waals surface area contributed by atoms with Crippen molar-refractivity contribution in [3.63, 3.8) is 0 Å². The maximum Gasteiger partial charge on any atom is 0.381 e. The highest BCUT2D eigenvalue weighted by Crippen LogP contribution is 2.65. The van der Waals surface area contributed by atoms with E-state index in [1.165, 1.54) is 18.5 Å². The number of hydrogen-bond acceptors (Lipinski definition) is 4. The van der Waals surface area contributed by atoms with Gasteiger partial charge in [-0.15, -0.1) is 0 Å². The topological polar surface area (TPSA) is 87.0 Å².